The molecule has 0 aliphatic heterocycles. The van der Waals surface area contributed by atoms with Gasteiger partial charge in [-0.1, -0.05) is 0 Å². The van der Waals surface area contributed by atoms with Crippen LogP contribution in [0.25, 0.3) is 0 Å². The summed E-state index contributed by atoms with van der Waals surface area (Å²) in [6.07, 6.45) is 3.14. The van der Waals surface area contributed by atoms with E-state index in [0.717, 1.165) is 12.8 Å². The fourth-order valence-corrected chi connectivity index (χ4v) is 4.89. The first-order valence-corrected chi connectivity index (χ1v) is 6.59. The maximum atomic E-state index is 12.3. The minimum absolute atomic E-state index is 0.398. The molecule has 0 amide bonds. The monoisotopic (exact) mass is 224 g/mol. The van der Waals surface area contributed by atoms with Crippen molar-refractivity contribution in [2.75, 3.05) is 0 Å². The van der Waals surface area contributed by atoms with Gasteiger partial charge in [0, 0.05) is 0 Å². The van der Waals surface area contributed by atoms with Crippen LogP contribution in [-0.4, -0.2) is 17.9 Å². The van der Waals surface area contributed by atoms with Gasteiger partial charge in [0.2, 0.25) is 0 Å². The Morgan fingerprint density at radius 2 is 1.20 bits per heavy atom. The molecule has 15 heavy (non-hydrogen) atoms. The third kappa shape index (κ3) is 1.02. The highest BCUT2D eigenvalue weighted by molar-refractivity contribution is 7.94. The topological polar surface area (TPSA) is 81.7 Å². The zero-order chi connectivity index (χ0) is 11.2. The predicted octanol–water partition coefficient (Wildman–Crippen LogP) is 1.29. The molecule has 0 aromatic heterocycles. The molecular weight excluding hydrogens is 212 g/mol. The number of sulfone groups is 1. The average molecular weight is 224 g/mol. The van der Waals surface area contributed by atoms with Crippen molar-refractivity contribution in [3.63, 3.8) is 0 Å². The summed E-state index contributed by atoms with van der Waals surface area (Å²) in [5, 5.41) is 18.0. The molecule has 0 N–H and O–H groups in total. The van der Waals surface area contributed by atoms with Crippen molar-refractivity contribution in [2.45, 2.75) is 48.0 Å². The quantitative estimate of drug-likeness (QED) is 0.707. The van der Waals surface area contributed by atoms with Crippen LogP contribution in [0.5, 0.6) is 0 Å². The lowest BCUT2D eigenvalue weighted by Crippen LogP contribution is -2.57. The molecule has 2 rings (SSSR count). The largest absolute Gasteiger partial charge is 0.226 e. The number of hydrogen-bond donors (Lipinski definition) is 0. The first kappa shape index (κ1) is 10.4. The molecule has 2 saturated carbocycles. The number of rotatable bonds is 2. The van der Waals surface area contributed by atoms with Crippen molar-refractivity contribution in [2.24, 2.45) is 0 Å². The smallest absolute Gasteiger partial charge is 0.188 e. The third-order valence-corrected chi connectivity index (χ3v) is 6.82. The minimum atomic E-state index is -3.61. The van der Waals surface area contributed by atoms with E-state index < -0.39 is 19.3 Å². The van der Waals surface area contributed by atoms with Crippen LogP contribution in [0.15, 0.2) is 0 Å². The molecule has 0 spiro atoms. The molecule has 0 aromatic carbocycles. The van der Waals surface area contributed by atoms with Crippen LogP contribution in [0.3, 0.4) is 0 Å². The second-order valence-corrected chi connectivity index (χ2v) is 6.99. The van der Waals surface area contributed by atoms with Gasteiger partial charge in [-0.25, -0.2) is 8.42 Å². The Kier molecular flexibility index (Phi) is 2.06. The van der Waals surface area contributed by atoms with Crippen molar-refractivity contribution >= 4 is 9.84 Å². The van der Waals surface area contributed by atoms with Gasteiger partial charge in [-0.3, -0.25) is 0 Å². The third-order valence-electron chi connectivity index (χ3n) is 3.76. The van der Waals surface area contributed by atoms with E-state index >= 15 is 0 Å². The molecule has 80 valence electrons. The predicted molar refractivity (Wildman–Crippen MR) is 53.3 cm³/mol. The van der Waals surface area contributed by atoms with E-state index in [9.17, 15) is 8.42 Å². The van der Waals surface area contributed by atoms with Crippen LogP contribution in [0, 0.1) is 22.7 Å². The highest BCUT2D eigenvalue weighted by Crippen LogP contribution is 2.50. The van der Waals surface area contributed by atoms with Gasteiger partial charge in [-0.2, -0.15) is 10.5 Å². The van der Waals surface area contributed by atoms with Gasteiger partial charge in [0.05, 0.1) is 12.1 Å². The van der Waals surface area contributed by atoms with Crippen LogP contribution in [0.1, 0.15) is 38.5 Å². The molecule has 0 heterocycles. The van der Waals surface area contributed by atoms with Gasteiger partial charge in [-0.05, 0) is 38.5 Å². The van der Waals surface area contributed by atoms with Crippen LogP contribution in [0.2, 0.25) is 0 Å². The van der Waals surface area contributed by atoms with E-state index in [1.54, 1.807) is 0 Å². The first-order chi connectivity index (χ1) is 7.04. The van der Waals surface area contributed by atoms with E-state index in [0.29, 0.717) is 25.7 Å². The zero-order valence-corrected chi connectivity index (χ0v) is 9.18. The summed E-state index contributed by atoms with van der Waals surface area (Å²) in [5.41, 5.74) is 0. The van der Waals surface area contributed by atoms with Crippen LogP contribution in [-0.2, 0) is 9.84 Å². The van der Waals surface area contributed by atoms with Gasteiger partial charge < -0.3 is 0 Å². The molecule has 2 fully saturated rings. The van der Waals surface area contributed by atoms with Crippen LogP contribution in [0.4, 0.5) is 0 Å². The molecule has 0 bridgehead atoms. The number of hydrogen-bond acceptors (Lipinski definition) is 4. The summed E-state index contributed by atoms with van der Waals surface area (Å²) in [6, 6.07) is 3.85. The van der Waals surface area contributed by atoms with Crippen LogP contribution >= 0.6 is 0 Å². The molecular formula is C10H12N2O2S. The molecule has 4 nitrogen and oxygen atoms in total. The van der Waals surface area contributed by atoms with Gasteiger partial charge in [0.1, 0.15) is 0 Å². The fraction of sp³-hybridized carbons (Fsp3) is 0.800. The lowest BCUT2D eigenvalue weighted by Gasteiger charge is -2.44. The molecule has 0 radical (unpaired) electrons. The van der Waals surface area contributed by atoms with Gasteiger partial charge in [0.25, 0.3) is 0 Å². The number of nitriles is 2. The Labute approximate surface area is 89.4 Å². The zero-order valence-electron chi connectivity index (χ0n) is 8.36. The second-order valence-electron chi connectivity index (χ2n) is 4.42. The molecule has 0 atom stereocenters. The van der Waals surface area contributed by atoms with Crippen molar-refractivity contribution in [3.05, 3.63) is 0 Å². The van der Waals surface area contributed by atoms with Gasteiger partial charge in [-0.15, -0.1) is 0 Å². The lowest BCUT2D eigenvalue weighted by molar-refractivity contribution is 0.356. The van der Waals surface area contributed by atoms with Crippen molar-refractivity contribution in [3.8, 4) is 12.1 Å². The highest BCUT2D eigenvalue weighted by atomic mass is 32.2. The molecule has 0 aromatic rings. The Hall–Kier alpha value is -1.07. The van der Waals surface area contributed by atoms with Gasteiger partial charge in [0.15, 0.2) is 19.3 Å². The summed E-state index contributed by atoms with van der Waals surface area (Å²) in [4.78, 5) is 0. The minimum Gasteiger partial charge on any atom is -0.226 e. The molecule has 5 heteroatoms. The fourth-order valence-electron chi connectivity index (χ4n) is 2.25. The van der Waals surface area contributed by atoms with E-state index in [1.807, 2.05) is 12.1 Å². The van der Waals surface area contributed by atoms with E-state index in [-0.39, 0.29) is 0 Å². The normalized spacial score (nSPS) is 26.5. The Balaban J connectivity index is 2.44. The summed E-state index contributed by atoms with van der Waals surface area (Å²) >= 11 is 0. The van der Waals surface area contributed by atoms with Crippen molar-refractivity contribution in [1.29, 1.82) is 10.5 Å². The van der Waals surface area contributed by atoms with E-state index in [2.05, 4.69) is 0 Å². The van der Waals surface area contributed by atoms with Gasteiger partial charge >= 0.3 is 0 Å². The molecule has 2 aliphatic carbocycles. The summed E-state index contributed by atoms with van der Waals surface area (Å²) in [5.74, 6) is 0. The van der Waals surface area contributed by atoms with Crippen molar-refractivity contribution in [1.82, 2.24) is 0 Å². The SMILES string of the molecule is N#CC1(S(=O)(=O)C2(C#N)CCC2)CCC1. The second kappa shape index (κ2) is 2.96. The summed E-state index contributed by atoms with van der Waals surface area (Å²) in [6.45, 7) is 0. The van der Waals surface area contributed by atoms with Crippen molar-refractivity contribution < 1.29 is 8.42 Å². The van der Waals surface area contributed by atoms with E-state index in [1.165, 1.54) is 0 Å². The maximum absolute atomic E-state index is 12.3. The molecule has 0 unspecified atom stereocenters. The molecule has 2 aliphatic rings. The highest BCUT2D eigenvalue weighted by Gasteiger charge is 2.62. The summed E-state index contributed by atoms with van der Waals surface area (Å²) < 4.78 is 22.0. The lowest BCUT2D eigenvalue weighted by atomic mass is 9.84. The summed E-state index contributed by atoms with van der Waals surface area (Å²) in [7, 11) is -3.61. The number of nitrogens with zero attached hydrogens (tertiary/aromatic N) is 2. The Morgan fingerprint density at radius 3 is 1.33 bits per heavy atom. The standard InChI is InChI=1S/C10H12N2O2S/c11-7-9(3-1-4-9)15(13,14)10(8-12)5-2-6-10/h1-6H2. The Morgan fingerprint density at radius 1 is 0.867 bits per heavy atom. The van der Waals surface area contributed by atoms with Crippen LogP contribution < -0.4 is 0 Å². The first-order valence-electron chi connectivity index (χ1n) is 5.10. The maximum Gasteiger partial charge on any atom is 0.188 e. The molecule has 0 saturated heterocycles. The average Bonchev–Trinajstić information content (AvgIpc) is 2.00. The van der Waals surface area contributed by atoms with E-state index in [4.69, 9.17) is 10.5 Å². The Bertz CT molecular complexity index is 421.